The molecule has 0 N–H and O–H groups in total. The minimum atomic E-state index is -0.0431. The number of Topliss-reactive ketones (excluding diaryl/α,β-unsaturated/α-hetero) is 1. The van der Waals surface area contributed by atoms with Crippen LogP contribution >= 0.6 is 0 Å². The van der Waals surface area contributed by atoms with Gasteiger partial charge in [0.25, 0.3) is 0 Å². The standard InChI is InChI=1S/C31H30N2O4/c1-2-29(34)33-20-7-6-8-22(19-21-33)28-18-17-27(30(35)23-11-12-23)31(32-28)37-26-15-13-25(14-16-26)36-24-9-4-3-5-10-24/h2-5,9-11,13-18,22H,1,6-8,12,19-21H2. The number of carbonyl (C=O) groups is 2. The van der Waals surface area contributed by atoms with Gasteiger partial charge in [0, 0.05) is 30.3 Å². The Kier molecular flexibility index (Phi) is 7.45. The lowest BCUT2D eigenvalue weighted by Gasteiger charge is -2.27. The highest BCUT2D eigenvalue weighted by atomic mass is 16.5. The summed E-state index contributed by atoms with van der Waals surface area (Å²) in [5, 5.41) is 0. The van der Waals surface area contributed by atoms with Crippen molar-refractivity contribution in [2.75, 3.05) is 13.1 Å². The number of ketones is 1. The molecule has 0 radical (unpaired) electrons. The third-order valence-corrected chi connectivity index (χ3v) is 6.73. The van der Waals surface area contributed by atoms with Crippen molar-refractivity contribution in [3.63, 3.8) is 0 Å². The summed E-state index contributed by atoms with van der Waals surface area (Å²) in [4.78, 5) is 31.8. The van der Waals surface area contributed by atoms with Crippen molar-refractivity contribution in [3.05, 3.63) is 102 Å². The van der Waals surface area contributed by atoms with Crippen molar-refractivity contribution in [3.8, 4) is 23.1 Å². The molecule has 1 atom stereocenters. The van der Waals surface area contributed by atoms with E-state index >= 15 is 0 Å². The van der Waals surface area contributed by atoms with Crippen LogP contribution in [0, 0.1) is 0 Å². The topological polar surface area (TPSA) is 68.7 Å². The van der Waals surface area contributed by atoms with Crippen LogP contribution in [0.15, 0.2) is 91.0 Å². The van der Waals surface area contributed by atoms with E-state index in [1.54, 1.807) is 0 Å². The van der Waals surface area contributed by atoms with Crippen molar-refractivity contribution < 1.29 is 19.1 Å². The van der Waals surface area contributed by atoms with Crippen LogP contribution in [0.3, 0.4) is 0 Å². The molecule has 1 unspecified atom stereocenters. The van der Waals surface area contributed by atoms with Gasteiger partial charge in [-0.05, 0) is 80.3 Å². The van der Waals surface area contributed by atoms with Gasteiger partial charge < -0.3 is 14.4 Å². The number of carbonyl (C=O) groups excluding carboxylic acids is 2. The van der Waals surface area contributed by atoms with E-state index in [0.29, 0.717) is 35.9 Å². The molecule has 0 spiro atoms. The second kappa shape index (κ2) is 11.2. The molecular weight excluding hydrogens is 464 g/mol. The van der Waals surface area contributed by atoms with E-state index in [9.17, 15) is 9.59 Å². The number of pyridine rings is 1. The summed E-state index contributed by atoms with van der Waals surface area (Å²) < 4.78 is 12.1. The van der Waals surface area contributed by atoms with E-state index < -0.39 is 0 Å². The van der Waals surface area contributed by atoms with E-state index in [0.717, 1.165) is 49.2 Å². The first-order valence-corrected chi connectivity index (χ1v) is 12.8. The van der Waals surface area contributed by atoms with Crippen molar-refractivity contribution >= 4 is 11.7 Å². The number of allylic oxidation sites excluding steroid dienone is 2. The summed E-state index contributed by atoms with van der Waals surface area (Å²) in [7, 11) is 0. The smallest absolute Gasteiger partial charge is 0.245 e. The normalized spacial score (nSPS) is 17.1. The van der Waals surface area contributed by atoms with E-state index in [1.807, 2.05) is 77.7 Å². The van der Waals surface area contributed by atoms with Gasteiger partial charge in [-0.1, -0.05) is 37.3 Å². The number of nitrogens with zero attached hydrogens (tertiary/aromatic N) is 2. The molecule has 6 nitrogen and oxygen atoms in total. The molecule has 1 amide bonds. The Morgan fingerprint density at radius 3 is 2.27 bits per heavy atom. The zero-order valence-electron chi connectivity index (χ0n) is 20.8. The predicted octanol–water partition coefficient (Wildman–Crippen LogP) is 6.85. The zero-order chi connectivity index (χ0) is 25.6. The highest BCUT2D eigenvalue weighted by Crippen LogP contribution is 2.34. The number of amides is 1. The predicted molar refractivity (Wildman–Crippen MR) is 142 cm³/mol. The summed E-state index contributed by atoms with van der Waals surface area (Å²) in [6.07, 6.45) is 7.73. The first-order valence-electron chi connectivity index (χ1n) is 12.8. The number of likely N-dealkylation sites (tertiary alicyclic amines) is 1. The molecule has 2 heterocycles. The molecule has 3 aromatic rings. The van der Waals surface area contributed by atoms with Gasteiger partial charge in [0.15, 0.2) is 5.78 Å². The average molecular weight is 495 g/mol. The Morgan fingerprint density at radius 1 is 0.865 bits per heavy atom. The lowest BCUT2D eigenvalue weighted by Crippen LogP contribution is -2.33. The molecule has 1 fully saturated rings. The quantitative estimate of drug-likeness (QED) is 0.253. The molecule has 6 heteroatoms. The number of rotatable bonds is 8. The van der Waals surface area contributed by atoms with E-state index in [1.165, 1.54) is 6.08 Å². The van der Waals surface area contributed by atoms with Crippen LogP contribution in [0.1, 0.15) is 54.1 Å². The fourth-order valence-corrected chi connectivity index (χ4v) is 4.56. The summed E-state index contributed by atoms with van der Waals surface area (Å²) in [5.74, 6) is 2.43. The van der Waals surface area contributed by atoms with Crippen molar-refractivity contribution in [2.45, 2.75) is 38.0 Å². The molecule has 2 aromatic carbocycles. The van der Waals surface area contributed by atoms with Gasteiger partial charge in [0.1, 0.15) is 17.2 Å². The van der Waals surface area contributed by atoms with Crippen molar-refractivity contribution in [1.82, 2.24) is 9.88 Å². The summed E-state index contributed by atoms with van der Waals surface area (Å²) >= 11 is 0. The summed E-state index contributed by atoms with van der Waals surface area (Å²) in [6.45, 7) is 5.04. The molecule has 1 aliphatic heterocycles. The van der Waals surface area contributed by atoms with Gasteiger partial charge in [-0.15, -0.1) is 0 Å². The van der Waals surface area contributed by atoms with Crippen LogP contribution in [-0.2, 0) is 4.79 Å². The highest BCUT2D eigenvalue weighted by molar-refractivity contribution is 6.12. The van der Waals surface area contributed by atoms with Crippen LogP contribution < -0.4 is 9.47 Å². The Labute approximate surface area is 217 Å². The molecule has 2 aliphatic rings. The fourth-order valence-electron chi connectivity index (χ4n) is 4.56. The molecule has 0 saturated carbocycles. The number of benzene rings is 2. The number of para-hydroxylation sites is 1. The van der Waals surface area contributed by atoms with Gasteiger partial charge in [0.2, 0.25) is 11.8 Å². The maximum Gasteiger partial charge on any atom is 0.245 e. The summed E-state index contributed by atoms with van der Waals surface area (Å²) in [6, 6.07) is 20.6. The number of hydrogen-bond donors (Lipinski definition) is 0. The molecule has 188 valence electrons. The minimum absolute atomic E-state index is 0.0315. The minimum Gasteiger partial charge on any atom is -0.457 e. The Hall–Kier alpha value is -4.19. The first-order chi connectivity index (χ1) is 18.1. The molecule has 0 bridgehead atoms. The van der Waals surface area contributed by atoms with Crippen LogP contribution in [-0.4, -0.2) is 34.7 Å². The number of aromatic nitrogens is 1. The molecule has 5 rings (SSSR count). The molecule has 37 heavy (non-hydrogen) atoms. The van der Waals surface area contributed by atoms with Gasteiger partial charge in [0.05, 0.1) is 5.56 Å². The maximum atomic E-state index is 13.0. The van der Waals surface area contributed by atoms with E-state index in [2.05, 4.69) is 6.58 Å². The van der Waals surface area contributed by atoms with Crippen LogP contribution in [0.5, 0.6) is 23.1 Å². The molecular formula is C31H30N2O4. The maximum absolute atomic E-state index is 13.0. The van der Waals surface area contributed by atoms with Crippen molar-refractivity contribution in [2.24, 2.45) is 0 Å². The zero-order valence-corrected chi connectivity index (χ0v) is 20.8. The van der Waals surface area contributed by atoms with E-state index in [-0.39, 0.29) is 17.6 Å². The lowest BCUT2D eigenvalue weighted by molar-refractivity contribution is -0.126. The second-order valence-corrected chi connectivity index (χ2v) is 9.35. The van der Waals surface area contributed by atoms with Gasteiger partial charge in [-0.25, -0.2) is 4.98 Å². The third-order valence-electron chi connectivity index (χ3n) is 6.73. The van der Waals surface area contributed by atoms with Gasteiger partial charge >= 0.3 is 0 Å². The Morgan fingerprint density at radius 2 is 1.57 bits per heavy atom. The van der Waals surface area contributed by atoms with Crippen LogP contribution in [0.4, 0.5) is 0 Å². The number of ether oxygens (including phenoxy) is 2. The molecule has 1 aliphatic carbocycles. The van der Waals surface area contributed by atoms with Gasteiger partial charge in [-0.2, -0.15) is 0 Å². The third kappa shape index (κ3) is 6.15. The largest absolute Gasteiger partial charge is 0.457 e. The molecule has 1 saturated heterocycles. The first kappa shape index (κ1) is 24.5. The van der Waals surface area contributed by atoms with Crippen LogP contribution in [0.2, 0.25) is 0 Å². The lowest BCUT2D eigenvalue weighted by atomic mass is 9.92. The SMILES string of the molecule is C=CC(=O)N1CCCCC(c2ccc(C(=O)C3=CC3)c(Oc3ccc(Oc4ccccc4)cc3)n2)CC1. The average Bonchev–Trinajstić information content (AvgIpc) is 3.76. The second-order valence-electron chi connectivity index (χ2n) is 9.35. The highest BCUT2D eigenvalue weighted by Gasteiger charge is 2.26. The Balaban J connectivity index is 1.36. The summed E-state index contributed by atoms with van der Waals surface area (Å²) in [5.41, 5.74) is 2.13. The number of hydrogen-bond acceptors (Lipinski definition) is 5. The molecule has 1 aromatic heterocycles. The fraction of sp³-hybridized carbons (Fsp3) is 0.258. The van der Waals surface area contributed by atoms with Crippen LogP contribution in [0.25, 0.3) is 0 Å². The van der Waals surface area contributed by atoms with Gasteiger partial charge in [-0.3, -0.25) is 9.59 Å². The van der Waals surface area contributed by atoms with E-state index in [4.69, 9.17) is 14.5 Å². The van der Waals surface area contributed by atoms with Crippen molar-refractivity contribution in [1.29, 1.82) is 0 Å². The monoisotopic (exact) mass is 494 g/mol. The Bertz CT molecular complexity index is 1310.